The first-order chi connectivity index (χ1) is 14.0. The third-order valence-corrected chi connectivity index (χ3v) is 9.74. The standard InChI is InChI=1S/C23H21N3O2S2/c1-5-6-14-9-17-18-11-16(7-8-19(18)29-20(17)10-15(14)12-24)23(4)13-30(27,28)22(2,3)21(25)26-23/h7-11H,13H2,1-4H3,(H2,25,26)/t23-/m0/s1. The summed E-state index contributed by atoms with van der Waals surface area (Å²) in [6.07, 6.45) is 0. The minimum absolute atomic E-state index is 0.00527. The Kier molecular flexibility index (Phi) is 4.47. The molecule has 0 radical (unpaired) electrons. The van der Waals surface area contributed by atoms with Crippen molar-refractivity contribution in [2.75, 3.05) is 5.75 Å². The van der Waals surface area contributed by atoms with E-state index in [1.54, 1.807) is 32.1 Å². The molecule has 1 aliphatic rings. The van der Waals surface area contributed by atoms with Gasteiger partial charge in [-0.2, -0.15) is 5.26 Å². The number of hydrogen-bond donors (Lipinski definition) is 2. The lowest BCUT2D eigenvalue weighted by Gasteiger charge is -2.43. The lowest BCUT2D eigenvalue weighted by Crippen LogP contribution is -2.63. The fourth-order valence-electron chi connectivity index (χ4n) is 3.83. The predicted octanol–water partition coefficient (Wildman–Crippen LogP) is 4.29. The molecule has 30 heavy (non-hydrogen) atoms. The van der Waals surface area contributed by atoms with Gasteiger partial charge in [-0.3, -0.25) is 5.41 Å². The summed E-state index contributed by atoms with van der Waals surface area (Å²) in [7, 11) is -3.51. The van der Waals surface area contributed by atoms with E-state index in [0.717, 1.165) is 25.7 Å². The minimum atomic E-state index is -3.51. The quantitative estimate of drug-likeness (QED) is 0.558. The molecule has 1 saturated heterocycles. The second-order valence-corrected chi connectivity index (χ2v) is 11.9. The summed E-state index contributed by atoms with van der Waals surface area (Å²) in [5, 5.41) is 22.9. The number of sulfone groups is 1. The van der Waals surface area contributed by atoms with E-state index in [1.807, 2.05) is 37.3 Å². The topological polar surface area (TPSA) is 93.8 Å². The van der Waals surface area contributed by atoms with Crippen LogP contribution in [0, 0.1) is 28.6 Å². The monoisotopic (exact) mass is 435 g/mol. The molecule has 2 N–H and O–H groups in total. The first-order valence-electron chi connectivity index (χ1n) is 9.45. The third kappa shape index (κ3) is 2.89. The smallest absolute Gasteiger partial charge is 0.165 e. The summed E-state index contributed by atoms with van der Waals surface area (Å²) >= 11 is 1.59. The van der Waals surface area contributed by atoms with Crippen molar-refractivity contribution in [3.05, 3.63) is 47.0 Å². The van der Waals surface area contributed by atoms with Crippen molar-refractivity contribution < 1.29 is 8.42 Å². The van der Waals surface area contributed by atoms with Crippen LogP contribution in [0.2, 0.25) is 0 Å². The Balaban J connectivity index is 1.92. The number of thiophene rings is 1. The maximum Gasteiger partial charge on any atom is 0.165 e. The molecule has 1 atom stereocenters. The Hall–Kier alpha value is -2.87. The molecule has 4 rings (SSSR count). The third-order valence-electron chi connectivity index (χ3n) is 5.89. The molecule has 2 heterocycles. The van der Waals surface area contributed by atoms with Crippen LogP contribution in [-0.2, 0) is 15.4 Å². The molecule has 1 aromatic heterocycles. The van der Waals surface area contributed by atoms with Crippen molar-refractivity contribution in [2.24, 2.45) is 0 Å². The largest absolute Gasteiger partial charge is 0.362 e. The Labute approximate surface area is 180 Å². The second-order valence-electron chi connectivity index (χ2n) is 8.30. The van der Waals surface area contributed by atoms with Gasteiger partial charge in [-0.1, -0.05) is 12.0 Å². The normalized spacial score (nSPS) is 22.2. The zero-order chi connectivity index (χ0) is 21.9. The molecule has 152 valence electrons. The number of nitriles is 1. The van der Waals surface area contributed by atoms with E-state index < -0.39 is 20.1 Å². The highest BCUT2D eigenvalue weighted by atomic mass is 32.2. The molecule has 0 spiro atoms. The molecule has 1 fully saturated rings. The highest BCUT2D eigenvalue weighted by Crippen LogP contribution is 2.39. The van der Waals surface area contributed by atoms with E-state index in [-0.39, 0.29) is 11.6 Å². The average molecular weight is 436 g/mol. The summed E-state index contributed by atoms with van der Waals surface area (Å²) in [5.74, 6) is 5.77. The Morgan fingerprint density at radius 2 is 1.80 bits per heavy atom. The highest BCUT2D eigenvalue weighted by Gasteiger charge is 2.50. The van der Waals surface area contributed by atoms with E-state index in [9.17, 15) is 13.7 Å². The van der Waals surface area contributed by atoms with Gasteiger partial charge in [-0.05, 0) is 57.5 Å². The number of nitrogens with one attached hydrogen (secondary N) is 2. The van der Waals surface area contributed by atoms with Gasteiger partial charge in [-0.25, -0.2) is 8.42 Å². The van der Waals surface area contributed by atoms with E-state index in [4.69, 9.17) is 5.41 Å². The maximum absolute atomic E-state index is 12.9. The van der Waals surface area contributed by atoms with Crippen molar-refractivity contribution in [3.63, 3.8) is 0 Å². The highest BCUT2D eigenvalue weighted by molar-refractivity contribution is 7.93. The molecule has 7 heteroatoms. The zero-order valence-corrected chi connectivity index (χ0v) is 18.8. The van der Waals surface area contributed by atoms with Gasteiger partial charge < -0.3 is 5.32 Å². The van der Waals surface area contributed by atoms with Crippen LogP contribution in [-0.4, -0.2) is 24.8 Å². The molecular formula is C23H21N3O2S2. The van der Waals surface area contributed by atoms with E-state index in [2.05, 4.69) is 23.2 Å². The molecule has 0 aliphatic carbocycles. The van der Waals surface area contributed by atoms with Crippen LogP contribution in [0.25, 0.3) is 20.2 Å². The molecule has 1 aliphatic heterocycles. The number of amidine groups is 1. The Morgan fingerprint density at radius 3 is 2.43 bits per heavy atom. The van der Waals surface area contributed by atoms with Crippen LogP contribution in [0.4, 0.5) is 0 Å². The van der Waals surface area contributed by atoms with Gasteiger partial charge in [0.15, 0.2) is 9.84 Å². The van der Waals surface area contributed by atoms with E-state index in [1.165, 1.54) is 0 Å². The van der Waals surface area contributed by atoms with Gasteiger partial charge in [0.2, 0.25) is 0 Å². The molecular weight excluding hydrogens is 414 g/mol. The number of fused-ring (bicyclic) bond motifs is 3. The first-order valence-corrected chi connectivity index (χ1v) is 11.9. The summed E-state index contributed by atoms with van der Waals surface area (Å²) in [4.78, 5) is 0. The number of hydrogen-bond acceptors (Lipinski definition) is 5. The van der Waals surface area contributed by atoms with Crippen LogP contribution >= 0.6 is 11.3 Å². The average Bonchev–Trinajstić information content (AvgIpc) is 3.02. The predicted molar refractivity (Wildman–Crippen MR) is 123 cm³/mol. The number of benzene rings is 2. The van der Waals surface area contributed by atoms with E-state index >= 15 is 0 Å². The Bertz CT molecular complexity index is 1450. The molecule has 0 bridgehead atoms. The van der Waals surface area contributed by atoms with Gasteiger partial charge in [-0.15, -0.1) is 17.3 Å². The van der Waals surface area contributed by atoms with Crippen molar-refractivity contribution in [2.45, 2.75) is 38.0 Å². The second kappa shape index (κ2) is 6.57. The summed E-state index contributed by atoms with van der Waals surface area (Å²) < 4.78 is 26.6. The van der Waals surface area contributed by atoms with Crippen molar-refractivity contribution in [3.8, 4) is 17.9 Å². The van der Waals surface area contributed by atoms with Crippen LogP contribution < -0.4 is 5.32 Å². The first kappa shape index (κ1) is 20.4. The maximum atomic E-state index is 12.9. The number of nitrogens with zero attached hydrogens (tertiary/aromatic N) is 1. The van der Waals surface area contributed by atoms with Crippen molar-refractivity contribution in [1.29, 1.82) is 10.7 Å². The zero-order valence-electron chi connectivity index (χ0n) is 17.2. The fraction of sp³-hybridized carbons (Fsp3) is 0.304. The van der Waals surface area contributed by atoms with Crippen molar-refractivity contribution in [1.82, 2.24) is 5.32 Å². The molecule has 0 saturated carbocycles. The molecule has 2 aromatic carbocycles. The lowest BCUT2D eigenvalue weighted by molar-refractivity contribution is 0.443. The summed E-state index contributed by atoms with van der Waals surface area (Å²) in [5.41, 5.74) is 1.15. The molecule has 0 amide bonds. The van der Waals surface area contributed by atoms with Crippen LogP contribution in [0.15, 0.2) is 30.3 Å². The van der Waals surface area contributed by atoms with Gasteiger partial charge in [0.1, 0.15) is 16.7 Å². The fourth-order valence-corrected chi connectivity index (χ4v) is 6.66. The van der Waals surface area contributed by atoms with Crippen LogP contribution in [0.5, 0.6) is 0 Å². The minimum Gasteiger partial charge on any atom is -0.362 e. The SMILES string of the molecule is CC#Cc1cc2c(cc1C#N)sc1ccc([C@]3(C)CS(=O)(=O)C(C)(C)C(=N)N3)cc12. The van der Waals surface area contributed by atoms with Crippen LogP contribution in [0.1, 0.15) is 44.4 Å². The molecule has 3 aromatic rings. The van der Waals surface area contributed by atoms with Crippen molar-refractivity contribution >= 4 is 47.2 Å². The number of rotatable bonds is 1. The van der Waals surface area contributed by atoms with E-state index in [0.29, 0.717) is 11.1 Å². The van der Waals surface area contributed by atoms with Gasteiger partial charge >= 0.3 is 0 Å². The lowest BCUT2D eigenvalue weighted by atomic mass is 9.91. The van der Waals surface area contributed by atoms with Gasteiger partial charge in [0.25, 0.3) is 0 Å². The summed E-state index contributed by atoms with van der Waals surface area (Å²) in [6, 6.07) is 11.9. The molecule has 5 nitrogen and oxygen atoms in total. The van der Waals surface area contributed by atoms with Gasteiger partial charge in [0.05, 0.1) is 16.9 Å². The summed E-state index contributed by atoms with van der Waals surface area (Å²) in [6.45, 7) is 6.69. The Morgan fingerprint density at radius 1 is 1.10 bits per heavy atom. The van der Waals surface area contributed by atoms with Crippen LogP contribution in [0.3, 0.4) is 0 Å². The van der Waals surface area contributed by atoms with Gasteiger partial charge in [0, 0.05) is 25.7 Å². The molecule has 0 unspecified atom stereocenters.